The zero-order valence-corrected chi connectivity index (χ0v) is 15.3. The van der Waals surface area contributed by atoms with Gasteiger partial charge in [-0.3, -0.25) is 9.69 Å². The van der Waals surface area contributed by atoms with E-state index in [9.17, 15) is 4.79 Å². The van der Waals surface area contributed by atoms with Crippen molar-refractivity contribution in [3.8, 4) is 0 Å². The third-order valence-corrected chi connectivity index (χ3v) is 6.18. The van der Waals surface area contributed by atoms with Crippen LogP contribution in [0.5, 0.6) is 0 Å². The van der Waals surface area contributed by atoms with Crippen molar-refractivity contribution in [3.05, 3.63) is 46.5 Å². The summed E-state index contributed by atoms with van der Waals surface area (Å²) in [5.74, 6) is 2.47. The van der Waals surface area contributed by atoms with Crippen LogP contribution in [0.25, 0.3) is 0 Å². The van der Waals surface area contributed by atoms with Gasteiger partial charge in [-0.15, -0.1) is 10.2 Å². The van der Waals surface area contributed by atoms with E-state index in [0.29, 0.717) is 23.7 Å². The summed E-state index contributed by atoms with van der Waals surface area (Å²) in [6.07, 6.45) is 3.05. The maximum Gasteiger partial charge on any atom is 0.289 e. The topological polar surface area (TPSA) is 63.1 Å². The van der Waals surface area contributed by atoms with Crippen LogP contribution in [-0.2, 0) is 19.5 Å². The maximum absolute atomic E-state index is 12.4. The Morgan fingerprint density at radius 2 is 1.96 bits per heavy atom. The van der Waals surface area contributed by atoms with E-state index in [2.05, 4.69) is 26.5 Å². The monoisotopic (exact) mass is 371 g/mol. The molecule has 26 heavy (non-hydrogen) atoms. The normalized spacial score (nSPS) is 25.0. The molecule has 0 bridgehead atoms. The highest BCUT2D eigenvalue weighted by Crippen LogP contribution is 2.34. The van der Waals surface area contributed by atoms with Crippen LogP contribution in [0, 0.1) is 11.8 Å². The van der Waals surface area contributed by atoms with Crippen LogP contribution in [0.3, 0.4) is 0 Å². The van der Waals surface area contributed by atoms with Gasteiger partial charge < -0.3 is 9.88 Å². The minimum atomic E-state index is -0.0735. The van der Waals surface area contributed by atoms with Crippen molar-refractivity contribution in [3.63, 3.8) is 0 Å². The van der Waals surface area contributed by atoms with Gasteiger partial charge in [0.2, 0.25) is 5.82 Å². The highest BCUT2D eigenvalue weighted by atomic mass is 35.5. The van der Waals surface area contributed by atoms with Gasteiger partial charge in [0.1, 0.15) is 5.82 Å². The Labute approximate surface area is 157 Å². The Morgan fingerprint density at radius 3 is 2.77 bits per heavy atom. The molecule has 5 rings (SSSR count). The molecule has 3 aliphatic rings. The summed E-state index contributed by atoms with van der Waals surface area (Å²) in [5.41, 5.74) is 1.18. The lowest BCUT2D eigenvalue weighted by molar-refractivity contribution is 0.0932. The molecule has 6 nitrogen and oxygen atoms in total. The second-order valence-electron chi connectivity index (χ2n) is 7.81. The molecule has 1 saturated heterocycles. The number of nitrogens with one attached hydrogen (secondary N) is 1. The Kier molecular flexibility index (Phi) is 3.98. The number of fused-ring (bicyclic) bond motifs is 2. The van der Waals surface area contributed by atoms with Gasteiger partial charge in [0, 0.05) is 43.7 Å². The van der Waals surface area contributed by atoms with Gasteiger partial charge in [-0.25, -0.2) is 0 Å². The summed E-state index contributed by atoms with van der Waals surface area (Å²) in [6.45, 7) is 3.78. The lowest BCUT2D eigenvalue weighted by Crippen LogP contribution is -2.33. The van der Waals surface area contributed by atoms with E-state index in [1.807, 2.05) is 22.8 Å². The van der Waals surface area contributed by atoms with E-state index in [1.54, 1.807) is 0 Å². The molecule has 2 aliphatic heterocycles. The van der Waals surface area contributed by atoms with Crippen molar-refractivity contribution < 1.29 is 4.79 Å². The van der Waals surface area contributed by atoms with Crippen molar-refractivity contribution in [2.24, 2.45) is 11.8 Å². The molecule has 1 aromatic carbocycles. The molecule has 1 saturated carbocycles. The average Bonchev–Trinajstić information content (AvgIpc) is 3.20. The SMILES string of the molecule is O=C(NC1CC1)c1nnc2n1C[C@H]1CN(Cc3ccccc3Cl)C[C@H]1C2. The minimum absolute atomic E-state index is 0.0735. The van der Waals surface area contributed by atoms with E-state index in [-0.39, 0.29) is 5.91 Å². The fraction of sp³-hybridized carbons (Fsp3) is 0.526. The summed E-state index contributed by atoms with van der Waals surface area (Å²) in [7, 11) is 0. The second-order valence-corrected chi connectivity index (χ2v) is 8.22. The Morgan fingerprint density at radius 1 is 1.15 bits per heavy atom. The number of benzene rings is 1. The van der Waals surface area contributed by atoms with E-state index < -0.39 is 0 Å². The molecular weight excluding hydrogens is 350 g/mol. The summed E-state index contributed by atoms with van der Waals surface area (Å²) in [6, 6.07) is 8.39. The summed E-state index contributed by atoms with van der Waals surface area (Å²) in [5, 5.41) is 12.3. The molecule has 3 heterocycles. The van der Waals surface area contributed by atoms with Gasteiger partial charge in [-0.1, -0.05) is 29.8 Å². The number of nitrogens with zero attached hydrogens (tertiary/aromatic N) is 4. The number of hydrogen-bond donors (Lipinski definition) is 1. The van der Waals surface area contributed by atoms with Crippen molar-refractivity contribution in [1.82, 2.24) is 25.0 Å². The lowest BCUT2D eigenvalue weighted by Gasteiger charge is -2.25. The van der Waals surface area contributed by atoms with Crippen LogP contribution >= 0.6 is 11.6 Å². The number of amides is 1. The van der Waals surface area contributed by atoms with Gasteiger partial charge in [-0.2, -0.15) is 0 Å². The van der Waals surface area contributed by atoms with E-state index in [0.717, 1.165) is 56.3 Å². The summed E-state index contributed by atoms with van der Waals surface area (Å²) in [4.78, 5) is 14.9. The fourth-order valence-corrected chi connectivity index (χ4v) is 4.46. The van der Waals surface area contributed by atoms with Crippen LogP contribution in [0.4, 0.5) is 0 Å². The predicted octanol–water partition coefficient (Wildman–Crippen LogP) is 2.13. The molecule has 1 aliphatic carbocycles. The number of hydrogen-bond acceptors (Lipinski definition) is 4. The largest absolute Gasteiger partial charge is 0.347 e. The standard InChI is InChI=1S/C19H22ClN5O/c20-16-4-2-1-3-12(16)8-24-9-13-7-17-22-23-18(19(26)21-15-5-6-15)25(17)11-14(13)10-24/h1-4,13-15H,5-11H2,(H,21,26)/t13-,14-/m1/s1. The maximum atomic E-state index is 12.4. The van der Waals surface area contributed by atoms with Crippen molar-refractivity contribution in [2.45, 2.75) is 38.4 Å². The van der Waals surface area contributed by atoms with Crippen LogP contribution in [0.15, 0.2) is 24.3 Å². The number of rotatable bonds is 4. The molecule has 136 valence electrons. The van der Waals surface area contributed by atoms with Crippen LogP contribution < -0.4 is 5.32 Å². The second kappa shape index (κ2) is 6.35. The van der Waals surface area contributed by atoms with Crippen LogP contribution in [0.2, 0.25) is 5.02 Å². The molecule has 0 spiro atoms. The molecular formula is C19H22ClN5O. The van der Waals surface area contributed by atoms with Gasteiger partial charge in [0.05, 0.1) is 0 Å². The zero-order valence-electron chi connectivity index (χ0n) is 14.6. The lowest BCUT2D eigenvalue weighted by atomic mass is 9.89. The number of aromatic nitrogens is 3. The first-order valence-electron chi connectivity index (χ1n) is 9.36. The predicted molar refractivity (Wildman–Crippen MR) is 97.9 cm³/mol. The first kappa shape index (κ1) is 16.3. The summed E-state index contributed by atoms with van der Waals surface area (Å²) < 4.78 is 2.04. The molecule has 1 amide bonds. The molecule has 0 unspecified atom stereocenters. The smallest absolute Gasteiger partial charge is 0.289 e. The molecule has 2 fully saturated rings. The number of halogens is 1. The van der Waals surface area contributed by atoms with Crippen molar-refractivity contribution >= 4 is 17.5 Å². The highest BCUT2D eigenvalue weighted by Gasteiger charge is 2.39. The van der Waals surface area contributed by atoms with Gasteiger partial charge >= 0.3 is 0 Å². The van der Waals surface area contributed by atoms with Crippen LogP contribution in [0.1, 0.15) is 34.8 Å². The van der Waals surface area contributed by atoms with E-state index >= 15 is 0 Å². The molecule has 1 aromatic heterocycles. The minimum Gasteiger partial charge on any atom is -0.347 e. The van der Waals surface area contributed by atoms with Crippen LogP contribution in [-0.4, -0.2) is 44.7 Å². The molecule has 2 atom stereocenters. The van der Waals surface area contributed by atoms with E-state index in [4.69, 9.17) is 11.6 Å². The quantitative estimate of drug-likeness (QED) is 0.894. The number of likely N-dealkylation sites (tertiary alicyclic amines) is 1. The Hall–Kier alpha value is -1.92. The third-order valence-electron chi connectivity index (χ3n) is 5.81. The molecule has 2 aromatic rings. The number of carbonyl (C=O) groups is 1. The van der Waals surface area contributed by atoms with E-state index in [1.165, 1.54) is 5.56 Å². The Bertz CT molecular complexity index is 846. The molecule has 7 heteroatoms. The third kappa shape index (κ3) is 3.01. The fourth-order valence-electron chi connectivity index (χ4n) is 4.26. The average molecular weight is 372 g/mol. The first-order valence-corrected chi connectivity index (χ1v) is 9.74. The van der Waals surface area contributed by atoms with Crippen molar-refractivity contribution in [1.29, 1.82) is 0 Å². The van der Waals surface area contributed by atoms with Crippen molar-refractivity contribution in [2.75, 3.05) is 13.1 Å². The van der Waals surface area contributed by atoms with Gasteiger partial charge in [0.15, 0.2) is 0 Å². The highest BCUT2D eigenvalue weighted by molar-refractivity contribution is 6.31. The first-order chi connectivity index (χ1) is 12.7. The van der Waals surface area contributed by atoms with Gasteiger partial charge in [-0.05, 0) is 36.3 Å². The van der Waals surface area contributed by atoms with Gasteiger partial charge in [0.25, 0.3) is 5.91 Å². The molecule has 1 N–H and O–H groups in total. The number of carbonyl (C=O) groups excluding carboxylic acids is 1. The Balaban J connectivity index is 1.29. The summed E-state index contributed by atoms with van der Waals surface area (Å²) >= 11 is 6.32. The molecule has 0 radical (unpaired) electrons. The zero-order chi connectivity index (χ0) is 17.7.